The number of sulfonamides is 1. The average molecular weight is 452 g/mol. The van der Waals surface area contributed by atoms with Crippen molar-refractivity contribution in [2.24, 2.45) is 0 Å². The fourth-order valence-electron chi connectivity index (χ4n) is 2.23. The molecule has 1 aromatic heterocycles. The second-order valence-electron chi connectivity index (χ2n) is 6.44. The van der Waals surface area contributed by atoms with E-state index in [9.17, 15) is 31.5 Å². The number of hydrogen-bond acceptors (Lipinski definition) is 5. The molecule has 0 saturated heterocycles. The molecule has 12 heteroatoms. The molecular weight excluding hydrogens is 435 g/mol. The molecule has 1 heterocycles. The van der Waals surface area contributed by atoms with Crippen molar-refractivity contribution in [2.45, 2.75) is 37.4 Å². The minimum Gasteiger partial charge on any atom is -0.373 e. The van der Waals surface area contributed by atoms with Crippen LogP contribution in [0, 0.1) is 13.8 Å². The van der Waals surface area contributed by atoms with Crippen molar-refractivity contribution in [3.8, 4) is 0 Å². The Labute approximate surface area is 170 Å². The first-order valence-electron chi connectivity index (χ1n) is 8.02. The molecule has 0 aliphatic rings. The predicted octanol–water partition coefficient (Wildman–Crippen LogP) is 3.40. The third kappa shape index (κ3) is 5.17. The van der Waals surface area contributed by atoms with Crippen LogP contribution in [-0.4, -0.2) is 36.2 Å². The van der Waals surface area contributed by atoms with E-state index in [1.807, 2.05) is 5.32 Å². The van der Waals surface area contributed by atoms with Gasteiger partial charge in [-0.3, -0.25) is 9.52 Å². The van der Waals surface area contributed by atoms with Gasteiger partial charge in [0.1, 0.15) is 5.82 Å². The van der Waals surface area contributed by atoms with E-state index in [0.717, 1.165) is 23.8 Å². The zero-order valence-electron chi connectivity index (χ0n) is 15.4. The number of nitrogens with one attached hydrogen (secondary N) is 2. The van der Waals surface area contributed by atoms with Crippen molar-refractivity contribution in [1.29, 1.82) is 0 Å². The number of nitrogens with zero attached hydrogens (tertiary/aromatic N) is 1. The summed E-state index contributed by atoms with van der Waals surface area (Å²) >= 11 is 5.91. The van der Waals surface area contributed by atoms with Crippen LogP contribution < -0.4 is 10.0 Å². The van der Waals surface area contributed by atoms with Gasteiger partial charge in [-0.15, -0.1) is 0 Å². The molecule has 29 heavy (non-hydrogen) atoms. The summed E-state index contributed by atoms with van der Waals surface area (Å²) in [5, 5.41) is 10.9. The SMILES string of the molecule is Cc1cc(C)nc(NS(=O)(=O)c2ccc(NC(=O)[C@@](C)(O)C(F)(F)F)c(Cl)c2)c1. The number of aryl methyl sites for hydroxylation is 2. The molecule has 158 valence electrons. The van der Waals surface area contributed by atoms with Gasteiger partial charge in [-0.05, 0) is 56.7 Å². The maximum Gasteiger partial charge on any atom is 0.426 e. The van der Waals surface area contributed by atoms with Crippen LogP contribution in [0.5, 0.6) is 0 Å². The molecule has 1 atom stereocenters. The van der Waals surface area contributed by atoms with Gasteiger partial charge in [-0.1, -0.05) is 11.6 Å². The number of hydrogen-bond donors (Lipinski definition) is 3. The first-order chi connectivity index (χ1) is 13.1. The number of carbonyl (C=O) groups is 1. The van der Waals surface area contributed by atoms with Crippen LogP contribution in [0.25, 0.3) is 0 Å². The molecule has 0 aliphatic heterocycles. The molecule has 2 rings (SSSR count). The number of aliphatic hydroxyl groups is 1. The van der Waals surface area contributed by atoms with Crippen molar-refractivity contribution in [2.75, 3.05) is 10.0 Å². The lowest BCUT2D eigenvalue weighted by Crippen LogP contribution is -2.52. The number of carbonyl (C=O) groups excluding carboxylic acids is 1. The van der Waals surface area contributed by atoms with E-state index < -0.39 is 27.7 Å². The van der Waals surface area contributed by atoms with E-state index in [2.05, 4.69) is 9.71 Å². The average Bonchev–Trinajstić information content (AvgIpc) is 2.53. The third-order valence-corrected chi connectivity index (χ3v) is 5.49. The number of aromatic nitrogens is 1. The fraction of sp³-hybridized carbons (Fsp3) is 0.294. The lowest BCUT2D eigenvalue weighted by atomic mass is 10.1. The van der Waals surface area contributed by atoms with Gasteiger partial charge >= 0.3 is 6.18 Å². The smallest absolute Gasteiger partial charge is 0.373 e. The number of pyridine rings is 1. The minimum absolute atomic E-state index is 0.0808. The number of halogens is 4. The van der Waals surface area contributed by atoms with Crippen LogP contribution in [0.2, 0.25) is 5.02 Å². The monoisotopic (exact) mass is 451 g/mol. The Kier molecular flexibility index (Phi) is 6.17. The van der Waals surface area contributed by atoms with Gasteiger partial charge in [0, 0.05) is 5.69 Å². The number of amides is 1. The molecule has 1 amide bonds. The predicted molar refractivity (Wildman–Crippen MR) is 101 cm³/mol. The van der Waals surface area contributed by atoms with E-state index in [1.165, 1.54) is 6.07 Å². The molecule has 0 radical (unpaired) electrons. The van der Waals surface area contributed by atoms with Gasteiger partial charge in [0.2, 0.25) is 5.60 Å². The topological polar surface area (TPSA) is 108 Å². The summed E-state index contributed by atoms with van der Waals surface area (Å²) < 4.78 is 65.5. The molecule has 0 unspecified atom stereocenters. The second-order valence-corrected chi connectivity index (χ2v) is 8.53. The van der Waals surface area contributed by atoms with Gasteiger partial charge < -0.3 is 10.4 Å². The zero-order valence-corrected chi connectivity index (χ0v) is 17.0. The second kappa shape index (κ2) is 7.81. The fourth-order valence-corrected chi connectivity index (χ4v) is 3.54. The largest absolute Gasteiger partial charge is 0.426 e. The molecular formula is C17H17ClF3N3O4S. The van der Waals surface area contributed by atoms with Crippen LogP contribution in [0.15, 0.2) is 35.2 Å². The Morgan fingerprint density at radius 2 is 1.79 bits per heavy atom. The maximum absolute atomic E-state index is 12.7. The maximum atomic E-state index is 12.7. The molecule has 7 nitrogen and oxygen atoms in total. The Morgan fingerprint density at radius 3 is 2.31 bits per heavy atom. The summed E-state index contributed by atoms with van der Waals surface area (Å²) in [6.07, 6.45) is -5.21. The first-order valence-corrected chi connectivity index (χ1v) is 9.88. The number of anilines is 2. The molecule has 3 N–H and O–H groups in total. The summed E-state index contributed by atoms with van der Waals surface area (Å²) in [6.45, 7) is 3.74. The van der Waals surface area contributed by atoms with E-state index in [-0.39, 0.29) is 28.3 Å². The Morgan fingerprint density at radius 1 is 1.17 bits per heavy atom. The summed E-state index contributed by atoms with van der Waals surface area (Å²) in [7, 11) is -4.11. The van der Waals surface area contributed by atoms with Gasteiger partial charge in [0.15, 0.2) is 0 Å². The highest BCUT2D eigenvalue weighted by Crippen LogP contribution is 2.33. The van der Waals surface area contributed by atoms with Gasteiger partial charge in [-0.25, -0.2) is 13.4 Å². The Balaban J connectivity index is 2.27. The third-order valence-electron chi connectivity index (χ3n) is 3.83. The van der Waals surface area contributed by atoms with Gasteiger partial charge in [0.05, 0.1) is 15.6 Å². The van der Waals surface area contributed by atoms with E-state index in [1.54, 1.807) is 19.9 Å². The van der Waals surface area contributed by atoms with E-state index in [4.69, 9.17) is 11.6 Å². The first kappa shape index (κ1) is 22.9. The summed E-state index contributed by atoms with van der Waals surface area (Å²) in [5.74, 6) is -1.68. The molecule has 2 aromatic rings. The number of benzene rings is 1. The normalized spacial score (nSPS) is 14.2. The van der Waals surface area contributed by atoms with Gasteiger partial charge in [0.25, 0.3) is 15.9 Å². The van der Waals surface area contributed by atoms with E-state index >= 15 is 0 Å². The van der Waals surface area contributed by atoms with Crippen molar-refractivity contribution >= 4 is 39.0 Å². The molecule has 0 spiro atoms. The van der Waals surface area contributed by atoms with Crippen LogP contribution in [-0.2, 0) is 14.8 Å². The molecule has 0 bridgehead atoms. The summed E-state index contributed by atoms with van der Waals surface area (Å²) in [5.41, 5.74) is -2.58. The molecule has 0 aliphatic carbocycles. The van der Waals surface area contributed by atoms with E-state index in [0.29, 0.717) is 5.69 Å². The van der Waals surface area contributed by atoms with Crippen molar-refractivity contribution < 1.29 is 31.5 Å². The Bertz CT molecular complexity index is 1040. The van der Waals surface area contributed by atoms with Crippen molar-refractivity contribution in [3.05, 3.63) is 46.6 Å². The molecule has 0 fully saturated rings. The standard InChI is InChI=1S/C17H17ClF3N3O4S/c1-9-6-10(2)22-14(7-9)24-29(27,28)11-4-5-13(12(18)8-11)23-15(25)16(3,26)17(19,20)21/h4-8,26H,1-3H3,(H,22,24)(H,23,25)/t16-/m1/s1. The summed E-state index contributed by atoms with van der Waals surface area (Å²) in [4.78, 5) is 15.5. The molecule has 0 saturated carbocycles. The quantitative estimate of drug-likeness (QED) is 0.645. The highest BCUT2D eigenvalue weighted by molar-refractivity contribution is 7.92. The van der Waals surface area contributed by atoms with Crippen molar-refractivity contribution in [1.82, 2.24) is 4.98 Å². The lowest BCUT2D eigenvalue weighted by molar-refractivity contribution is -0.242. The highest BCUT2D eigenvalue weighted by Gasteiger charge is 2.55. The van der Waals surface area contributed by atoms with Crippen LogP contribution in [0.3, 0.4) is 0 Å². The van der Waals surface area contributed by atoms with Crippen LogP contribution >= 0.6 is 11.6 Å². The molecule has 1 aromatic carbocycles. The number of rotatable bonds is 5. The van der Waals surface area contributed by atoms with Gasteiger partial charge in [-0.2, -0.15) is 13.2 Å². The number of alkyl halides is 3. The highest BCUT2D eigenvalue weighted by atomic mass is 35.5. The zero-order chi connectivity index (χ0) is 22.2. The van der Waals surface area contributed by atoms with Crippen molar-refractivity contribution in [3.63, 3.8) is 0 Å². The lowest BCUT2D eigenvalue weighted by Gasteiger charge is -2.25. The minimum atomic E-state index is -5.21. The Hall–Kier alpha value is -2.37. The summed E-state index contributed by atoms with van der Waals surface area (Å²) in [6, 6.07) is 6.26. The van der Waals surface area contributed by atoms with Crippen LogP contribution in [0.1, 0.15) is 18.2 Å². The van der Waals surface area contributed by atoms with Crippen LogP contribution in [0.4, 0.5) is 24.7 Å².